The number of esters is 1. The number of carbonyl (C=O) groups is 1. The van der Waals surface area contributed by atoms with Gasteiger partial charge in [0.2, 0.25) is 0 Å². The predicted molar refractivity (Wildman–Crippen MR) is 61.2 cm³/mol. The summed E-state index contributed by atoms with van der Waals surface area (Å²) in [5, 5.41) is 0. The number of hydrogen-bond donors (Lipinski definition) is 0. The van der Waals surface area contributed by atoms with E-state index in [1.54, 1.807) is 0 Å². The second-order valence-electron chi connectivity index (χ2n) is 2.66. The van der Waals surface area contributed by atoms with E-state index in [1.165, 1.54) is 5.57 Å². The van der Waals surface area contributed by atoms with Gasteiger partial charge in [0.25, 0.3) is 0 Å². The topological polar surface area (TPSA) is 26.3 Å². The third kappa shape index (κ3) is 5.14. The summed E-state index contributed by atoms with van der Waals surface area (Å²) in [6.45, 7) is 8.23. The van der Waals surface area contributed by atoms with Gasteiger partial charge in [-0.2, -0.15) is 0 Å². The number of rotatable bonds is 4. The van der Waals surface area contributed by atoms with Crippen LogP contribution in [-0.4, -0.2) is 30.2 Å². The molecule has 0 aliphatic heterocycles. The first-order valence-electron chi connectivity index (χ1n) is 4.53. The van der Waals surface area contributed by atoms with Gasteiger partial charge in [-0.05, 0) is 26.7 Å². The normalized spacial score (nSPS) is 8.62. The zero-order valence-electron chi connectivity index (χ0n) is 8.44. The fraction of sp³-hybridized carbons (Fsp3) is 0.700. The summed E-state index contributed by atoms with van der Waals surface area (Å²) < 4.78 is 4.89. The van der Waals surface area contributed by atoms with Crippen molar-refractivity contribution in [3.8, 4) is 0 Å². The van der Waals surface area contributed by atoms with Gasteiger partial charge in [0.1, 0.15) is 0 Å². The van der Waals surface area contributed by atoms with Crippen LogP contribution >= 0.6 is 0 Å². The van der Waals surface area contributed by atoms with Gasteiger partial charge in [-0.3, -0.25) is 0 Å². The first-order chi connectivity index (χ1) is 5.67. The molecule has 0 unspecified atom stereocenters. The molecular weight excluding hydrogens is 225 g/mol. The quantitative estimate of drug-likeness (QED) is 0.424. The van der Waals surface area contributed by atoms with E-state index in [-0.39, 0.29) is 23.6 Å². The monoisotopic (exact) mass is 248 g/mol. The molecule has 0 heterocycles. The van der Waals surface area contributed by atoms with Gasteiger partial charge in [-0.25, -0.2) is 4.79 Å². The zero-order valence-corrected chi connectivity index (χ0v) is 8.44. The van der Waals surface area contributed by atoms with Crippen LogP contribution in [0.1, 0.15) is 40.5 Å². The van der Waals surface area contributed by atoms with E-state index in [2.05, 4.69) is 13.8 Å². The summed E-state index contributed by atoms with van der Waals surface area (Å²) in [5.41, 5.74) is 1.97. The molecule has 0 saturated heterocycles. The summed E-state index contributed by atoms with van der Waals surface area (Å²) in [7, 11) is 0. The molecule has 0 amide bonds. The van der Waals surface area contributed by atoms with Gasteiger partial charge >= 0.3 is 23.6 Å². The standard InChI is InChI=1S/C10H18O2.GeH4/c1-5-9(6-2)8(4)10(11)12-7-3;/h5-7H2,1-4H3;1H4. The molecule has 0 atom stereocenters. The Bertz CT molecular complexity index is 179. The Labute approximate surface area is 91.7 Å². The molecule has 0 fully saturated rings. The van der Waals surface area contributed by atoms with Crippen LogP contribution in [0.5, 0.6) is 0 Å². The molecule has 13 heavy (non-hydrogen) atoms. The molecule has 0 N–H and O–H groups in total. The Morgan fingerprint density at radius 2 is 1.62 bits per heavy atom. The van der Waals surface area contributed by atoms with Crippen LogP contribution in [0.15, 0.2) is 11.1 Å². The van der Waals surface area contributed by atoms with Gasteiger partial charge in [-0.1, -0.05) is 19.4 Å². The van der Waals surface area contributed by atoms with Crippen LogP contribution in [0.3, 0.4) is 0 Å². The van der Waals surface area contributed by atoms with E-state index < -0.39 is 0 Å². The average Bonchev–Trinajstić information content (AvgIpc) is 2.07. The maximum atomic E-state index is 11.2. The Morgan fingerprint density at radius 3 is 1.92 bits per heavy atom. The minimum absolute atomic E-state index is 0. The Morgan fingerprint density at radius 1 is 1.15 bits per heavy atom. The molecule has 0 rings (SSSR count). The van der Waals surface area contributed by atoms with Crippen molar-refractivity contribution >= 4 is 23.6 Å². The minimum atomic E-state index is -0.170. The second kappa shape index (κ2) is 8.36. The first-order valence-corrected chi connectivity index (χ1v) is 4.53. The van der Waals surface area contributed by atoms with Crippen molar-refractivity contribution in [1.82, 2.24) is 0 Å². The number of carbonyl (C=O) groups excluding carboxylic acids is 1. The number of allylic oxidation sites excluding steroid dienone is 1. The van der Waals surface area contributed by atoms with Crippen LogP contribution < -0.4 is 0 Å². The molecule has 78 valence electrons. The van der Waals surface area contributed by atoms with Crippen molar-refractivity contribution < 1.29 is 9.53 Å². The summed E-state index contributed by atoms with van der Waals surface area (Å²) in [5.74, 6) is -0.170. The van der Waals surface area contributed by atoms with E-state index in [1.807, 2.05) is 13.8 Å². The summed E-state index contributed by atoms with van der Waals surface area (Å²) in [6, 6.07) is 0. The Kier molecular flexibility index (Phi) is 9.79. The van der Waals surface area contributed by atoms with E-state index in [9.17, 15) is 4.79 Å². The zero-order chi connectivity index (χ0) is 9.56. The van der Waals surface area contributed by atoms with Crippen LogP contribution in [0.2, 0.25) is 0 Å². The number of ether oxygens (including phenoxy) is 1. The van der Waals surface area contributed by atoms with E-state index in [0.29, 0.717) is 6.61 Å². The van der Waals surface area contributed by atoms with Gasteiger partial charge in [0, 0.05) is 5.57 Å². The Hall–Kier alpha value is -0.247. The van der Waals surface area contributed by atoms with Crippen molar-refractivity contribution in [2.24, 2.45) is 0 Å². The molecule has 0 aliphatic rings. The molecule has 0 bridgehead atoms. The Balaban J connectivity index is 0. The summed E-state index contributed by atoms with van der Waals surface area (Å²) >= 11 is 0. The van der Waals surface area contributed by atoms with Crippen LogP contribution in [0, 0.1) is 0 Å². The van der Waals surface area contributed by atoms with Crippen molar-refractivity contribution in [2.75, 3.05) is 6.61 Å². The van der Waals surface area contributed by atoms with Gasteiger partial charge in [-0.15, -0.1) is 0 Å². The van der Waals surface area contributed by atoms with Crippen LogP contribution in [0.4, 0.5) is 0 Å². The van der Waals surface area contributed by atoms with Crippen molar-refractivity contribution in [2.45, 2.75) is 40.5 Å². The molecule has 0 saturated carbocycles. The SMILES string of the molecule is CCOC(=O)C(C)=C(CC)CC.[GeH4]. The molecule has 0 spiro atoms. The first kappa shape index (κ1) is 15.2. The maximum absolute atomic E-state index is 11.2. The molecule has 0 aromatic carbocycles. The fourth-order valence-electron chi connectivity index (χ4n) is 1.16. The van der Waals surface area contributed by atoms with Crippen molar-refractivity contribution in [1.29, 1.82) is 0 Å². The van der Waals surface area contributed by atoms with Gasteiger partial charge in [0.05, 0.1) is 6.61 Å². The van der Waals surface area contributed by atoms with Gasteiger partial charge < -0.3 is 4.74 Å². The van der Waals surface area contributed by atoms with E-state index in [0.717, 1.165) is 18.4 Å². The third-order valence-electron chi connectivity index (χ3n) is 1.97. The van der Waals surface area contributed by atoms with Gasteiger partial charge in [0.15, 0.2) is 0 Å². The second-order valence-corrected chi connectivity index (χ2v) is 2.66. The van der Waals surface area contributed by atoms with Crippen LogP contribution in [0.25, 0.3) is 0 Å². The van der Waals surface area contributed by atoms with E-state index in [4.69, 9.17) is 4.74 Å². The summed E-state index contributed by atoms with van der Waals surface area (Å²) in [6.07, 6.45) is 1.86. The third-order valence-corrected chi connectivity index (χ3v) is 1.97. The van der Waals surface area contributed by atoms with Crippen LogP contribution in [-0.2, 0) is 9.53 Å². The molecule has 3 heteroatoms. The van der Waals surface area contributed by atoms with Crippen molar-refractivity contribution in [3.05, 3.63) is 11.1 Å². The molecular formula is C10H22GeO2. The van der Waals surface area contributed by atoms with E-state index >= 15 is 0 Å². The van der Waals surface area contributed by atoms with Crippen molar-refractivity contribution in [3.63, 3.8) is 0 Å². The molecule has 2 nitrogen and oxygen atoms in total. The fourth-order valence-corrected chi connectivity index (χ4v) is 1.16. The predicted octanol–water partition coefficient (Wildman–Crippen LogP) is 1.23. The molecule has 0 aliphatic carbocycles. The molecule has 0 aromatic heterocycles. The number of hydrogen-bond acceptors (Lipinski definition) is 2. The molecule has 0 radical (unpaired) electrons. The average molecular weight is 247 g/mol. The molecule has 0 aromatic rings. The summed E-state index contributed by atoms with van der Waals surface area (Å²) in [4.78, 5) is 11.2.